The minimum Gasteiger partial charge on any atom is -0.808 e. The van der Waals surface area contributed by atoms with Crippen LogP contribution in [-0.4, -0.2) is 7.11 Å². The molecule has 154 valence electrons. The van der Waals surface area contributed by atoms with Crippen molar-refractivity contribution in [3.63, 3.8) is 0 Å². The van der Waals surface area contributed by atoms with Crippen LogP contribution >= 0.6 is 15.8 Å². The predicted octanol–water partition coefficient (Wildman–Crippen LogP) is 3.60. The molecule has 30 heavy (non-hydrogen) atoms. The Bertz CT molecular complexity index is 1100. The lowest BCUT2D eigenvalue weighted by Gasteiger charge is -2.41. The summed E-state index contributed by atoms with van der Waals surface area (Å²) in [6, 6.07) is 6.92. The van der Waals surface area contributed by atoms with Gasteiger partial charge in [-0.05, 0) is 61.2 Å². The normalized spacial score (nSPS) is 24.1. The molecule has 3 rings (SSSR count). The molecule has 0 aliphatic heterocycles. The predicted molar refractivity (Wildman–Crippen MR) is 119 cm³/mol. The molecular formula is C24H22O4P2-2. The molecule has 0 heterocycles. The zero-order valence-corrected chi connectivity index (χ0v) is 18.8. The zero-order valence-electron chi connectivity index (χ0n) is 16.9. The average Bonchev–Trinajstić information content (AvgIpc) is 2.69. The first kappa shape index (κ1) is 22.3. The van der Waals surface area contributed by atoms with Gasteiger partial charge in [-0.2, -0.15) is 0 Å². The van der Waals surface area contributed by atoms with Crippen molar-refractivity contribution in [2.24, 2.45) is 17.8 Å². The third kappa shape index (κ3) is 5.21. The number of benzene rings is 1. The minimum absolute atomic E-state index is 0.0253. The molecule has 3 unspecified atom stereocenters. The fourth-order valence-corrected chi connectivity index (χ4v) is 5.07. The summed E-state index contributed by atoms with van der Waals surface area (Å²) >= 11 is 0. The first-order valence-corrected chi connectivity index (χ1v) is 12.5. The van der Waals surface area contributed by atoms with Gasteiger partial charge in [-0.1, -0.05) is 43.4 Å². The van der Waals surface area contributed by atoms with E-state index >= 15 is 0 Å². The highest BCUT2D eigenvalue weighted by atomic mass is 31.8. The maximum absolute atomic E-state index is 11.5. The van der Waals surface area contributed by atoms with Gasteiger partial charge in [0, 0.05) is 23.3 Å². The van der Waals surface area contributed by atoms with Crippen molar-refractivity contribution >= 4 is 21.5 Å². The number of rotatable bonds is 4. The van der Waals surface area contributed by atoms with E-state index in [1.165, 1.54) is 11.1 Å². The Morgan fingerprint density at radius 3 is 2.73 bits per heavy atom. The van der Waals surface area contributed by atoms with E-state index in [1.54, 1.807) is 25.3 Å². The summed E-state index contributed by atoms with van der Waals surface area (Å²) in [5.74, 6) is 15.1. The van der Waals surface area contributed by atoms with Crippen molar-refractivity contribution in [3.05, 3.63) is 47.1 Å². The molecule has 4 nitrogen and oxygen atoms in total. The average molecular weight is 436 g/mol. The maximum Gasteiger partial charge on any atom is 0.126 e. The lowest BCUT2D eigenvalue weighted by molar-refractivity contribution is -0.313. The summed E-state index contributed by atoms with van der Waals surface area (Å²) in [5, 5.41) is 0. The lowest BCUT2D eigenvalue weighted by atomic mass is 9.64. The van der Waals surface area contributed by atoms with Gasteiger partial charge in [-0.15, -0.1) is 15.0 Å². The van der Waals surface area contributed by atoms with Crippen molar-refractivity contribution < 1.29 is 19.0 Å². The van der Waals surface area contributed by atoms with E-state index in [4.69, 9.17) is 15.7 Å². The van der Waals surface area contributed by atoms with E-state index in [-0.39, 0.29) is 23.5 Å². The maximum atomic E-state index is 11.5. The van der Waals surface area contributed by atoms with Gasteiger partial charge in [0.15, 0.2) is 0 Å². The molecule has 0 saturated heterocycles. The fourth-order valence-electron chi connectivity index (χ4n) is 4.36. The van der Waals surface area contributed by atoms with Crippen molar-refractivity contribution in [1.29, 1.82) is 0 Å². The summed E-state index contributed by atoms with van der Waals surface area (Å²) in [4.78, 5) is 23.0. The van der Waals surface area contributed by atoms with E-state index < -0.39 is 7.23 Å². The quantitative estimate of drug-likeness (QED) is 0.313. The van der Waals surface area contributed by atoms with Crippen LogP contribution in [0.25, 0.3) is 5.76 Å². The largest absolute Gasteiger partial charge is 0.808 e. The van der Waals surface area contributed by atoms with Crippen LogP contribution in [-0.2, 0) is 4.74 Å². The summed E-state index contributed by atoms with van der Waals surface area (Å²) in [7, 11) is 0.153. The van der Waals surface area contributed by atoms with Crippen LogP contribution < -0.4 is 14.3 Å². The van der Waals surface area contributed by atoms with Crippen LogP contribution in [0.2, 0.25) is 0 Å². The standard InChI is InChI=1S/C24H22O4P2/c1-4-5-6-7-10-18-15-17(2)21-13-9-14-22(18)23(21)24(27-3)19-11-8-12-20(16-19)28-30(25,26)29/h1,8,11-12,15-16,18,21-22,29H,9,13-14H2,2-3H3/q-2/b24-23-. The number of ether oxygens (including phenoxy) is 1. The topological polar surface area (TPSA) is 64.6 Å². The van der Waals surface area contributed by atoms with E-state index in [0.717, 1.165) is 30.6 Å². The van der Waals surface area contributed by atoms with Gasteiger partial charge in [0.05, 0.1) is 7.11 Å². The second-order valence-electron chi connectivity index (χ2n) is 7.30. The number of terminal acetylenes is 1. The van der Waals surface area contributed by atoms with Crippen molar-refractivity contribution in [1.82, 2.24) is 0 Å². The van der Waals surface area contributed by atoms with Gasteiger partial charge >= 0.3 is 0 Å². The Balaban J connectivity index is 2.09. The Morgan fingerprint density at radius 2 is 2.03 bits per heavy atom. The molecule has 2 aliphatic carbocycles. The third-order valence-corrected chi connectivity index (χ3v) is 6.16. The molecular weight excluding hydrogens is 414 g/mol. The number of hydrogen-bond donors (Lipinski definition) is 0. The van der Waals surface area contributed by atoms with Gasteiger partial charge in [0.2, 0.25) is 0 Å². The highest BCUT2D eigenvalue weighted by Gasteiger charge is 2.39. The molecule has 0 N–H and O–H groups in total. The Morgan fingerprint density at radius 1 is 1.23 bits per heavy atom. The second-order valence-corrected chi connectivity index (χ2v) is 10.1. The SMILES string of the molecule is C#CC#CC#CC1C=C(C)C2CCCC1/C2=C(\OC)c1cccc(OP([O-])([O-])=P)c1. The van der Waals surface area contributed by atoms with Crippen LogP contribution in [0.5, 0.6) is 5.75 Å². The minimum atomic E-state index is -4.09. The van der Waals surface area contributed by atoms with Crippen LogP contribution in [0, 0.1) is 53.8 Å². The van der Waals surface area contributed by atoms with Crippen molar-refractivity contribution in [3.8, 4) is 41.8 Å². The van der Waals surface area contributed by atoms with Gasteiger partial charge < -0.3 is 19.0 Å². The van der Waals surface area contributed by atoms with Crippen molar-refractivity contribution in [2.45, 2.75) is 26.2 Å². The smallest absolute Gasteiger partial charge is 0.126 e. The van der Waals surface area contributed by atoms with Crippen LogP contribution in [0.3, 0.4) is 0 Å². The first-order valence-electron chi connectivity index (χ1n) is 9.62. The highest BCUT2D eigenvalue weighted by molar-refractivity contribution is 7.86. The van der Waals surface area contributed by atoms with Gasteiger partial charge in [-0.3, -0.25) is 0 Å². The number of methoxy groups -OCH3 is 1. The summed E-state index contributed by atoms with van der Waals surface area (Å²) in [6.07, 6.45) is 10.6. The van der Waals surface area contributed by atoms with Crippen LogP contribution in [0.15, 0.2) is 41.5 Å². The molecule has 0 amide bonds. The molecule has 6 heteroatoms. The number of hydrogen-bond acceptors (Lipinski definition) is 4. The molecule has 1 aromatic carbocycles. The zero-order chi connectivity index (χ0) is 21.7. The molecule has 0 aromatic heterocycles. The van der Waals surface area contributed by atoms with Crippen LogP contribution in [0.4, 0.5) is 0 Å². The molecule has 1 fully saturated rings. The van der Waals surface area contributed by atoms with Gasteiger partial charge in [0.1, 0.15) is 11.5 Å². The van der Waals surface area contributed by atoms with Crippen LogP contribution in [0.1, 0.15) is 31.7 Å². The van der Waals surface area contributed by atoms with E-state index in [0.29, 0.717) is 0 Å². The molecule has 1 saturated carbocycles. The lowest BCUT2D eigenvalue weighted by Crippen LogP contribution is -2.31. The van der Waals surface area contributed by atoms with Crippen molar-refractivity contribution in [2.75, 3.05) is 7.11 Å². The Kier molecular flexibility index (Phi) is 7.16. The van der Waals surface area contributed by atoms with E-state index in [9.17, 15) is 9.79 Å². The molecule has 1 aromatic rings. The molecule has 2 bridgehead atoms. The first-order chi connectivity index (χ1) is 14.3. The Labute approximate surface area is 180 Å². The van der Waals surface area contributed by atoms with Gasteiger partial charge in [0.25, 0.3) is 0 Å². The van der Waals surface area contributed by atoms with E-state index in [2.05, 4.69) is 51.1 Å². The highest BCUT2D eigenvalue weighted by Crippen LogP contribution is 2.49. The summed E-state index contributed by atoms with van der Waals surface area (Å²) in [6.45, 7) is 2.12. The fraction of sp³-hybridized carbons (Fsp3) is 0.333. The van der Waals surface area contributed by atoms with E-state index in [1.807, 2.05) is 6.07 Å². The molecule has 0 spiro atoms. The third-order valence-electron chi connectivity index (χ3n) is 5.43. The summed E-state index contributed by atoms with van der Waals surface area (Å²) in [5.41, 5.74) is 3.24. The Hall–Kier alpha value is -2.37. The molecule has 0 radical (unpaired) electrons. The molecule has 3 atom stereocenters. The number of allylic oxidation sites excluding steroid dienone is 3. The number of fused-ring (bicyclic) bond motifs is 2. The van der Waals surface area contributed by atoms with Gasteiger partial charge in [-0.25, -0.2) is 0 Å². The monoisotopic (exact) mass is 436 g/mol. The molecule has 2 aliphatic rings. The second kappa shape index (κ2) is 9.63. The summed E-state index contributed by atoms with van der Waals surface area (Å²) < 4.78 is 10.9.